The number of aliphatic carboxylic acids is 1. The molecule has 0 unspecified atom stereocenters. The van der Waals surface area contributed by atoms with E-state index in [1.165, 1.54) is 12.3 Å². The summed E-state index contributed by atoms with van der Waals surface area (Å²) in [5.74, 6) is -1.24. The van der Waals surface area contributed by atoms with E-state index in [1.807, 2.05) is 0 Å². The van der Waals surface area contributed by atoms with Crippen LogP contribution in [0, 0.1) is 0 Å². The predicted molar refractivity (Wildman–Crippen MR) is 26.5 cm³/mol. The third kappa shape index (κ3) is 2.85. The summed E-state index contributed by atoms with van der Waals surface area (Å²) < 4.78 is 0. The molecule has 0 aromatic carbocycles. The first-order valence-corrected chi connectivity index (χ1v) is 2.30. The van der Waals surface area contributed by atoms with Crippen LogP contribution in [0.4, 0.5) is 0 Å². The standard InChI is InChI=1S/C5H5NO3.K/c7-5(8)4-1-2-6-9-3-4;/h1-3,6H,(H,7,8);/q;+1/p-1. The van der Waals surface area contributed by atoms with Gasteiger partial charge < -0.3 is 14.7 Å². The van der Waals surface area contributed by atoms with Crippen molar-refractivity contribution in [3.8, 4) is 0 Å². The van der Waals surface area contributed by atoms with E-state index in [9.17, 15) is 9.90 Å². The van der Waals surface area contributed by atoms with Crippen molar-refractivity contribution in [2.75, 3.05) is 0 Å². The molecule has 1 rings (SSSR count). The average Bonchev–Trinajstić information content (AvgIpc) is 1.90. The molecule has 4 nitrogen and oxygen atoms in total. The number of hydrogen-bond donors (Lipinski definition) is 1. The smallest absolute Gasteiger partial charge is 0.545 e. The zero-order valence-corrected chi connectivity index (χ0v) is 8.58. The Bertz CT molecular complexity index is 187. The van der Waals surface area contributed by atoms with Crippen molar-refractivity contribution >= 4 is 5.97 Å². The van der Waals surface area contributed by atoms with E-state index >= 15 is 0 Å². The van der Waals surface area contributed by atoms with Gasteiger partial charge in [0, 0.05) is 11.8 Å². The minimum atomic E-state index is -1.24. The number of carboxylic acid groups (broad SMARTS) is 1. The first-order chi connectivity index (χ1) is 4.30. The molecule has 0 spiro atoms. The van der Waals surface area contributed by atoms with Crippen LogP contribution < -0.4 is 62.0 Å². The van der Waals surface area contributed by atoms with Crippen LogP contribution >= 0.6 is 0 Å². The summed E-state index contributed by atoms with van der Waals surface area (Å²) in [4.78, 5) is 14.4. The molecule has 0 saturated heterocycles. The minimum Gasteiger partial charge on any atom is -0.545 e. The summed E-state index contributed by atoms with van der Waals surface area (Å²) in [6.07, 6.45) is 3.78. The molecule has 0 aromatic heterocycles. The summed E-state index contributed by atoms with van der Waals surface area (Å²) in [6.45, 7) is 0. The van der Waals surface area contributed by atoms with Gasteiger partial charge in [0.05, 0.1) is 5.97 Å². The predicted octanol–water partition coefficient (Wildman–Crippen LogP) is -4.33. The van der Waals surface area contributed by atoms with Gasteiger partial charge in [-0.05, 0) is 6.08 Å². The van der Waals surface area contributed by atoms with Crippen LogP contribution in [0.25, 0.3) is 0 Å². The SMILES string of the molecule is O=C([O-])C1=CONC=C1.[K+]. The Hall–Kier alpha value is 0.186. The summed E-state index contributed by atoms with van der Waals surface area (Å²) in [6, 6.07) is 0. The van der Waals surface area contributed by atoms with Gasteiger partial charge in [0.25, 0.3) is 0 Å². The van der Waals surface area contributed by atoms with Gasteiger partial charge in [-0.2, -0.15) is 0 Å². The van der Waals surface area contributed by atoms with Crippen molar-refractivity contribution < 1.29 is 66.1 Å². The molecule has 5 heteroatoms. The van der Waals surface area contributed by atoms with E-state index in [1.54, 1.807) is 0 Å². The summed E-state index contributed by atoms with van der Waals surface area (Å²) in [5.41, 5.74) is 2.34. The Morgan fingerprint density at radius 3 is 2.70 bits per heavy atom. The van der Waals surface area contributed by atoms with Crippen LogP contribution in [0.2, 0.25) is 0 Å². The largest absolute Gasteiger partial charge is 1.00 e. The van der Waals surface area contributed by atoms with E-state index in [4.69, 9.17) is 0 Å². The first-order valence-electron chi connectivity index (χ1n) is 2.30. The molecule has 48 valence electrons. The van der Waals surface area contributed by atoms with Gasteiger partial charge in [-0.25, -0.2) is 5.48 Å². The van der Waals surface area contributed by atoms with Gasteiger partial charge in [0.1, 0.15) is 6.26 Å². The van der Waals surface area contributed by atoms with Crippen LogP contribution in [0.3, 0.4) is 0 Å². The summed E-state index contributed by atoms with van der Waals surface area (Å²) >= 11 is 0. The van der Waals surface area contributed by atoms with Gasteiger partial charge in [0.15, 0.2) is 0 Å². The van der Waals surface area contributed by atoms with Crippen LogP contribution in [-0.2, 0) is 9.63 Å². The number of carbonyl (C=O) groups excluding carboxylic acids is 1. The van der Waals surface area contributed by atoms with E-state index in [-0.39, 0.29) is 57.0 Å². The second-order valence-corrected chi connectivity index (χ2v) is 1.43. The van der Waals surface area contributed by atoms with E-state index in [2.05, 4.69) is 10.3 Å². The molecule has 0 radical (unpaired) electrons. The number of carbonyl (C=O) groups is 1. The molecule has 0 amide bonds. The maximum absolute atomic E-state index is 10.0. The molecule has 1 N–H and O–H groups in total. The van der Waals surface area contributed by atoms with Crippen molar-refractivity contribution in [3.05, 3.63) is 24.1 Å². The average molecular weight is 165 g/mol. The quantitative estimate of drug-likeness (QED) is 0.399. The zero-order valence-electron chi connectivity index (χ0n) is 5.46. The maximum Gasteiger partial charge on any atom is 1.00 e. The first kappa shape index (κ1) is 10.2. The molecule has 1 heterocycles. The molecule has 1 aliphatic rings. The van der Waals surface area contributed by atoms with E-state index < -0.39 is 5.97 Å². The van der Waals surface area contributed by atoms with Crippen molar-refractivity contribution in [1.82, 2.24) is 5.48 Å². The van der Waals surface area contributed by atoms with Crippen LogP contribution in [-0.4, -0.2) is 5.97 Å². The fourth-order valence-electron chi connectivity index (χ4n) is 0.416. The molecule has 0 saturated carbocycles. The molecule has 1 aliphatic heterocycles. The Morgan fingerprint density at radius 1 is 1.70 bits per heavy atom. The number of hydrogen-bond acceptors (Lipinski definition) is 4. The fourth-order valence-corrected chi connectivity index (χ4v) is 0.416. The minimum absolute atomic E-state index is 0. The molecular weight excluding hydrogens is 161 g/mol. The van der Waals surface area contributed by atoms with E-state index in [0.717, 1.165) is 6.26 Å². The van der Waals surface area contributed by atoms with Gasteiger partial charge in [-0.15, -0.1) is 0 Å². The van der Waals surface area contributed by atoms with Gasteiger partial charge in [-0.3, -0.25) is 0 Å². The van der Waals surface area contributed by atoms with Crippen LogP contribution in [0.1, 0.15) is 0 Å². The number of carboxylic acids is 1. The molecule has 0 aromatic rings. The molecule has 0 atom stereocenters. The Morgan fingerprint density at radius 2 is 2.40 bits per heavy atom. The molecule has 0 aliphatic carbocycles. The fraction of sp³-hybridized carbons (Fsp3) is 0. The number of nitrogens with one attached hydrogen (secondary N) is 1. The van der Waals surface area contributed by atoms with Gasteiger partial charge >= 0.3 is 51.4 Å². The monoisotopic (exact) mass is 165 g/mol. The summed E-state index contributed by atoms with van der Waals surface area (Å²) in [7, 11) is 0. The van der Waals surface area contributed by atoms with Crippen molar-refractivity contribution in [3.63, 3.8) is 0 Å². The number of rotatable bonds is 1. The van der Waals surface area contributed by atoms with Crippen LogP contribution in [0.15, 0.2) is 24.1 Å². The molecule has 0 bridgehead atoms. The normalized spacial score (nSPS) is 13.8. The second-order valence-electron chi connectivity index (χ2n) is 1.43. The van der Waals surface area contributed by atoms with Crippen LogP contribution in [0.5, 0.6) is 0 Å². The molecule has 0 fully saturated rings. The molecule has 10 heavy (non-hydrogen) atoms. The third-order valence-electron chi connectivity index (χ3n) is 0.821. The van der Waals surface area contributed by atoms with E-state index in [0.29, 0.717) is 0 Å². The van der Waals surface area contributed by atoms with Crippen molar-refractivity contribution in [1.29, 1.82) is 0 Å². The van der Waals surface area contributed by atoms with Gasteiger partial charge in [0.2, 0.25) is 0 Å². The number of hydroxylamine groups is 1. The third-order valence-corrected chi connectivity index (χ3v) is 0.821. The second kappa shape index (κ2) is 4.92. The topological polar surface area (TPSA) is 61.4 Å². The Labute approximate surface area is 100 Å². The summed E-state index contributed by atoms with van der Waals surface area (Å²) in [5, 5.41) is 10.0. The van der Waals surface area contributed by atoms with Gasteiger partial charge in [-0.1, -0.05) is 0 Å². The maximum atomic E-state index is 10.0. The molecular formula is C5H4KNO3. The van der Waals surface area contributed by atoms with Crippen molar-refractivity contribution in [2.45, 2.75) is 0 Å². The Kier molecular flexibility index (Phi) is 5.01. The Balaban J connectivity index is 0.000000810. The van der Waals surface area contributed by atoms with Crippen molar-refractivity contribution in [2.24, 2.45) is 0 Å². The zero-order chi connectivity index (χ0) is 6.69.